The molecular weight excluding hydrogens is 238 g/mol. The van der Waals surface area contributed by atoms with E-state index in [1.54, 1.807) is 0 Å². The predicted molar refractivity (Wildman–Crippen MR) is 73.6 cm³/mol. The monoisotopic (exact) mass is 257 g/mol. The van der Waals surface area contributed by atoms with Gasteiger partial charge in [-0.25, -0.2) is 0 Å². The molecule has 4 nitrogen and oxygen atoms in total. The first-order valence-corrected chi connectivity index (χ1v) is 6.67. The number of carbonyl (C=O) groups is 1. The summed E-state index contributed by atoms with van der Waals surface area (Å²) < 4.78 is 0. The van der Waals surface area contributed by atoms with Crippen molar-refractivity contribution in [2.45, 2.75) is 6.92 Å². The zero-order chi connectivity index (χ0) is 13.7. The minimum absolute atomic E-state index is 0.0522. The number of hydrogen-bond donors (Lipinski definition) is 0. The molecule has 1 aromatic rings. The van der Waals surface area contributed by atoms with E-state index in [4.69, 9.17) is 5.26 Å². The average Bonchev–Trinajstić information content (AvgIpc) is 2.48. The van der Waals surface area contributed by atoms with Crippen molar-refractivity contribution in [3.8, 4) is 6.07 Å². The summed E-state index contributed by atoms with van der Waals surface area (Å²) in [5.41, 5.74) is 0.751. The molecular formula is C15H19N3O. The van der Waals surface area contributed by atoms with Crippen molar-refractivity contribution in [2.24, 2.45) is 5.92 Å². The Morgan fingerprint density at radius 2 is 1.89 bits per heavy atom. The largest absolute Gasteiger partial charge is 0.336 e. The maximum atomic E-state index is 12.2. The van der Waals surface area contributed by atoms with E-state index in [1.807, 2.05) is 42.2 Å². The van der Waals surface area contributed by atoms with Gasteiger partial charge in [-0.1, -0.05) is 18.2 Å². The highest BCUT2D eigenvalue weighted by atomic mass is 16.2. The first-order chi connectivity index (χ1) is 9.20. The van der Waals surface area contributed by atoms with Crippen molar-refractivity contribution >= 4 is 5.91 Å². The SMILES string of the molecule is CC(C#N)CN1CCN(C(=O)c2ccccc2)CC1. The van der Waals surface area contributed by atoms with Crippen LogP contribution in [0.15, 0.2) is 30.3 Å². The van der Waals surface area contributed by atoms with Crippen molar-refractivity contribution in [1.29, 1.82) is 5.26 Å². The number of carbonyl (C=O) groups excluding carboxylic acids is 1. The van der Waals surface area contributed by atoms with Crippen LogP contribution in [-0.2, 0) is 0 Å². The van der Waals surface area contributed by atoms with Gasteiger partial charge in [-0.05, 0) is 19.1 Å². The number of hydrogen-bond acceptors (Lipinski definition) is 3. The quantitative estimate of drug-likeness (QED) is 0.826. The van der Waals surface area contributed by atoms with Gasteiger partial charge in [-0.3, -0.25) is 9.69 Å². The number of amides is 1. The van der Waals surface area contributed by atoms with Crippen molar-refractivity contribution < 1.29 is 4.79 Å². The van der Waals surface area contributed by atoms with Gasteiger partial charge < -0.3 is 4.90 Å². The molecule has 1 fully saturated rings. The summed E-state index contributed by atoms with van der Waals surface area (Å²) in [6, 6.07) is 11.6. The molecule has 19 heavy (non-hydrogen) atoms. The second-order valence-electron chi connectivity index (χ2n) is 4.99. The summed E-state index contributed by atoms with van der Waals surface area (Å²) in [6.45, 7) is 5.91. The van der Waals surface area contributed by atoms with Gasteiger partial charge in [0.25, 0.3) is 5.91 Å². The normalized spacial score (nSPS) is 17.8. The van der Waals surface area contributed by atoms with Crippen LogP contribution in [0, 0.1) is 17.2 Å². The predicted octanol–water partition coefficient (Wildman–Crippen LogP) is 1.60. The topological polar surface area (TPSA) is 47.3 Å². The minimum Gasteiger partial charge on any atom is -0.336 e. The molecule has 1 aromatic carbocycles. The van der Waals surface area contributed by atoms with Crippen molar-refractivity contribution in [1.82, 2.24) is 9.80 Å². The fraction of sp³-hybridized carbons (Fsp3) is 0.467. The molecule has 0 N–H and O–H groups in total. The second-order valence-corrected chi connectivity index (χ2v) is 4.99. The highest BCUT2D eigenvalue weighted by Crippen LogP contribution is 2.09. The van der Waals surface area contributed by atoms with Crippen LogP contribution in [0.2, 0.25) is 0 Å². The second kappa shape index (κ2) is 6.35. The Labute approximate surface area is 114 Å². The molecule has 4 heteroatoms. The molecule has 1 atom stereocenters. The van der Waals surface area contributed by atoms with Crippen LogP contribution in [0.4, 0.5) is 0 Å². The Hall–Kier alpha value is -1.86. The van der Waals surface area contributed by atoms with Crippen LogP contribution in [-0.4, -0.2) is 48.4 Å². The van der Waals surface area contributed by atoms with E-state index in [1.165, 1.54) is 0 Å². The number of nitrogens with zero attached hydrogens (tertiary/aromatic N) is 3. The zero-order valence-corrected chi connectivity index (χ0v) is 11.2. The van der Waals surface area contributed by atoms with Crippen molar-refractivity contribution in [2.75, 3.05) is 32.7 Å². The van der Waals surface area contributed by atoms with Gasteiger partial charge in [0.2, 0.25) is 0 Å². The number of benzene rings is 1. The van der Waals surface area contributed by atoms with Gasteiger partial charge in [0.15, 0.2) is 0 Å². The fourth-order valence-electron chi connectivity index (χ4n) is 2.32. The van der Waals surface area contributed by atoms with Crippen LogP contribution in [0.5, 0.6) is 0 Å². The first-order valence-electron chi connectivity index (χ1n) is 6.67. The number of piperazine rings is 1. The van der Waals surface area contributed by atoms with Gasteiger partial charge in [0, 0.05) is 38.3 Å². The lowest BCUT2D eigenvalue weighted by atomic mass is 10.1. The highest BCUT2D eigenvalue weighted by molar-refractivity contribution is 5.94. The third-order valence-electron chi connectivity index (χ3n) is 3.43. The summed E-state index contributed by atoms with van der Waals surface area (Å²) >= 11 is 0. The summed E-state index contributed by atoms with van der Waals surface area (Å²) in [5, 5.41) is 8.81. The Morgan fingerprint density at radius 1 is 1.26 bits per heavy atom. The lowest BCUT2D eigenvalue weighted by Gasteiger charge is -2.35. The number of rotatable bonds is 3. The van der Waals surface area contributed by atoms with Gasteiger partial charge in [-0.2, -0.15) is 5.26 Å². The molecule has 2 rings (SSSR count). The molecule has 0 aliphatic carbocycles. The molecule has 1 amide bonds. The van der Waals surface area contributed by atoms with E-state index in [-0.39, 0.29) is 11.8 Å². The molecule has 1 aliphatic heterocycles. The summed E-state index contributed by atoms with van der Waals surface area (Å²) in [6.07, 6.45) is 0. The Bertz CT molecular complexity index is 458. The van der Waals surface area contributed by atoms with Crippen LogP contribution in [0.3, 0.4) is 0 Å². The smallest absolute Gasteiger partial charge is 0.253 e. The number of nitriles is 1. The van der Waals surface area contributed by atoms with E-state index in [2.05, 4.69) is 11.0 Å². The third kappa shape index (κ3) is 3.55. The minimum atomic E-state index is 0.0522. The van der Waals surface area contributed by atoms with Crippen LogP contribution < -0.4 is 0 Å². The van der Waals surface area contributed by atoms with Gasteiger partial charge in [0.1, 0.15) is 0 Å². The first kappa shape index (κ1) is 13.6. The van der Waals surface area contributed by atoms with E-state index in [9.17, 15) is 4.79 Å². The van der Waals surface area contributed by atoms with Gasteiger partial charge in [-0.15, -0.1) is 0 Å². The van der Waals surface area contributed by atoms with E-state index >= 15 is 0 Å². The molecule has 0 saturated carbocycles. The van der Waals surface area contributed by atoms with E-state index < -0.39 is 0 Å². The average molecular weight is 257 g/mol. The molecule has 0 bridgehead atoms. The van der Waals surface area contributed by atoms with Crippen LogP contribution in [0.1, 0.15) is 17.3 Å². The molecule has 1 saturated heterocycles. The molecule has 0 aromatic heterocycles. The summed E-state index contributed by atoms with van der Waals surface area (Å²) in [5.74, 6) is 0.157. The van der Waals surface area contributed by atoms with Gasteiger partial charge in [0.05, 0.1) is 12.0 Å². The van der Waals surface area contributed by atoms with Crippen molar-refractivity contribution in [3.05, 3.63) is 35.9 Å². The van der Waals surface area contributed by atoms with Gasteiger partial charge >= 0.3 is 0 Å². The van der Waals surface area contributed by atoms with Crippen LogP contribution in [0.25, 0.3) is 0 Å². The summed E-state index contributed by atoms with van der Waals surface area (Å²) in [7, 11) is 0. The molecule has 0 spiro atoms. The maximum absolute atomic E-state index is 12.2. The molecule has 1 aliphatic rings. The fourth-order valence-corrected chi connectivity index (χ4v) is 2.32. The molecule has 1 heterocycles. The maximum Gasteiger partial charge on any atom is 0.253 e. The van der Waals surface area contributed by atoms with Crippen LogP contribution >= 0.6 is 0 Å². The van der Waals surface area contributed by atoms with E-state index in [0.717, 1.165) is 38.3 Å². The summed E-state index contributed by atoms with van der Waals surface area (Å²) in [4.78, 5) is 16.4. The Kier molecular flexibility index (Phi) is 4.53. The highest BCUT2D eigenvalue weighted by Gasteiger charge is 2.22. The zero-order valence-electron chi connectivity index (χ0n) is 11.2. The Balaban J connectivity index is 1.87. The van der Waals surface area contributed by atoms with Crippen molar-refractivity contribution in [3.63, 3.8) is 0 Å². The Morgan fingerprint density at radius 3 is 2.47 bits per heavy atom. The van der Waals surface area contributed by atoms with E-state index in [0.29, 0.717) is 0 Å². The molecule has 0 radical (unpaired) electrons. The third-order valence-corrected chi connectivity index (χ3v) is 3.43. The standard InChI is InChI=1S/C15H19N3O/c1-13(11-16)12-17-7-9-18(10-8-17)15(19)14-5-3-2-4-6-14/h2-6,13H,7-10,12H2,1H3. The lowest BCUT2D eigenvalue weighted by molar-refractivity contribution is 0.0629. The molecule has 1 unspecified atom stereocenters. The molecule has 100 valence electrons. The lowest BCUT2D eigenvalue weighted by Crippen LogP contribution is -2.49.